The molecule has 5 nitrogen and oxygen atoms in total. The van der Waals surface area contributed by atoms with Crippen molar-refractivity contribution in [3.63, 3.8) is 0 Å². The van der Waals surface area contributed by atoms with Gasteiger partial charge in [-0.1, -0.05) is 42.5 Å². The largest absolute Gasteiger partial charge is 0.445 e. The fourth-order valence-corrected chi connectivity index (χ4v) is 3.33. The standard InChI is InChI=1S/C20H24N2O3/c21-18-8-4-5-15(11-18)14-25-20(24)22-12-16(13-23)9-10-19(22)17-6-2-1-3-7-17/h1-8,11,16,19,23H,9-10,12-14,21H2. The number of anilines is 1. The van der Waals surface area contributed by atoms with Crippen molar-refractivity contribution >= 4 is 11.8 Å². The average molecular weight is 340 g/mol. The number of nitrogens with zero attached hydrogens (tertiary/aromatic N) is 1. The van der Waals surface area contributed by atoms with Crippen LogP contribution in [0.15, 0.2) is 54.6 Å². The lowest BCUT2D eigenvalue weighted by Gasteiger charge is -2.38. The Kier molecular flexibility index (Phi) is 5.56. The van der Waals surface area contributed by atoms with E-state index in [-0.39, 0.29) is 31.3 Å². The van der Waals surface area contributed by atoms with Crippen molar-refractivity contribution in [2.45, 2.75) is 25.5 Å². The van der Waals surface area contributed by atoms with Crippen molar-refractivity contribution in [2.75, 3.05) is 18.9 Å². The summed E-state index contributed by atoms with van der Waals surface area (Å²) in [5.41, 5.74) is 8.37. The third-order valence-electron chi connectivity index (χ3n) is 4.67. The third-order valence-corrected chi connectivity index (χ3v) is 4.67. The number of nitrogen functional groups attached to an aromatic ring is 1. The molecule has 1 heterocycles. The van der Waals surface area contributed by atoms with Crippen molar-refractivity contribution in [2.24, 2.45) is 5.92 Å². The van der Waals surface area contributed by atoms with Gasteiger partial charge in [-0.15, -0.1) is 0 Å². The first-order valence-electron chi connectivity index (χ1n) is 8.61. The number of piperidine rings is 1. The molecule has 1 fully saturated rings. The van der Waals surface area contributed by atoms with E-state index >= 15 is 0 Å². The Morgan fingerprint density at radius 2 is 1.96 bits per heavy atom. The van der Waals surface area contributed by atoms with E-state index in [9.17, 15) is 9.90 Å². The number of rotatable bonds is 4. The van der Waals surface area contributed by atoms with Crippen LogP contribution in [-0.2, 0) is 11.3 Å². The number of benzene rings is 2. The number of aliphatic hydroxyl groups excluding tert-OH is 1. The molecule has 0 saturated carbocycles. The fraction of sp³-hybridized carbons (Fsp3) is 0.350. The minimum Gasteiger partial charge on any atom is -0.445 e. The number of aliphatic hydroxyl groups is 1. The van der Waals surface area contributed by atoms with E-state index in [0.29, 0.717) is 12.2 Å². The predicted octanol–water partition coefficient (Wildman–Crippen LogP) is 3.35. The topological polar surface area (TPSA) is 75.8 Å². The fourth-order valence-electron chi connectivity index (χ4n) is 3.33. The van der Waals surface area contributed by atoms with Gasteiger partial charge in [-0.25, -0.2) is 4.79 Å². The molecule has 2 unspecified atom stereocenters. The molecule has 3 N–H and O–H groups in total. The molecule has 0 spiro atoms. The molecular weight excluding hydrogens is 316 g/mol. The molecule has 1 saturated heterocycles. The zero-order valence-electron chi connectivity index (χ0n) is 14.2. The molecule has 3 rings (SSSR count). The first-order chi connectivity index (χ1) is 12.2. The van der Waals surface area contributed by atoms with Gasteiger partial charge in [0.2, 0.25) is 0 Å². The maximum atomic E-state index is 12.7. The van der Waals surface area contributed by atoms with Crippen molar-refractivity contribution in [3.8, 4) is 0 Å². The average Bonchev–Trinajstić information content (AvgIpc) is 2.66. The van der Waals surface area contributed by atoms with Gasteiger partial charge in [-0.2, -0.15) is 0 Å². The number of ether oxygens (including phenoxy) is 1. The van der Waals surface area contributed by atoms with Gasteiger partial charge in [0.15, 0.2) is 0 Å². The van der Waals surface area contributed by atoms with Gasteiger partial charge in [0.05, 0.1) is 6.04 Å². The molecule has 1 amide bonds. The summed E-state index contributed by atoms with van der Waals surface area (Å²) in [5.74, 6) is 0.0971. The molecule has 2 aromatic carbocycles. The number of carbonyl (C=O) groups excluding carboxylic acids is 1. The lowest BCUT2D eigenvalue weighted by Crippen LogP contribution is -2.43. The number of carbonyl (C=O) groups is 1. The Bertz CT molecular complexity index is 705. The first-order valence-corrected chi connectivity index (χ1v) is 8.61. The van der Waals surface area contributed by atoms with E-state index in [0.717, 1.165) is 24.0 Å². The maximum absolute atomic E-state index is 12.7. The highest BCUT2D eigenvalue weighted by molar-refractivity contribution is 5.68. The molecule has 0 aliphatic carbocycles. The second kappa shape index (κ2) is 8.03. The molecule has 25 heavy (non-hydrogen) atoms. The summed E-state index contributed by atoms with van der Waals surface area (Å²) in [6.45, 7) is 0.776. The second-order valence-corrected chi connectivity index (χ2v) is 6.50. The third kappa shape index (κ3) is 4.31. The van der Waals surface area contributed by atoms with Crippen LogP contribution < -0.4 is 5.73 Å². The number of nitrogens with two attached hydrogens (primary N) is 1. The lowest BCUT2D eigenvalue weighted by atomic mass is 9.90. The van der Waals surface area contributed by atoms with Gasteiger partial charge >= 0.3 is 6.09 Å². The predicted molar refractivity (Wildman–Crippen MR) is 96.7 cm³/mol. The van der Waals surface area contributed by atoms with Crippen LogP contribution in [0.5, 0.6) is 0 Å². The number of amides is 1. The summed E-state index contributed by atoms with van der Waals surface area (Å²) in [5, 5.41) is 9.49. The zero-order chi connectivity index (χ0) is 17.6. The monoisotopic (exact) mass is 340 g/mol. The van der Waals surface area contributed by atoms with Crippen molar-refractivity contribution in [1.82, 2.24) is 4.90 Å². The van der Waals surface area contributed by atoms with Gasteiger partial charge in [0, 0.05) is 18.8 Å². The summed E-state index contributed by atoms with van der Waals surface area (Å²) in [6.07, 6.45) is 1.37. The molecule has 5 heteroatoms. The molecule has 0 bridgehead atoms. The number of likely N-dealkylation sites (tertiary alicyclic amines) is 1. The van der Waals surface area contributed by atoms with E-state index in [1.807, 2.05) is 42.5 Å². The molecule has 2 atom stereocenters. The van der Waals surface area contributed by atoms with E-state index in [4.69, 9.17) is 10.5 Å². The van der Waals surface area contributed by atoms with E-state index < -0.39 is 0 Å². The van der Waals surface area contributed by atoms with Crippen LogP contribution in [0.25, 0.3) is 0 Å². The maximum Gasteiger partial charge on any atom is 0.410 e. The van der Waals surface area contributed by atoms with Gasteiger partial charge in [0.1, 0.15) is 6.61 Å². The molecule has 0 aromatic heterocycles. The Hall–Kier alpha value is -2.53. The van der Waals surface area contributed by atoms with Crippen LogP contribution in [0, 0.1) is 5.92 Å². The highest BCUT2D eigenvalue weighted by atomic mass is 16.6. The first kappa shape index (κ1) is 17.3. The highest BCUT2D eigenvalue weighted by Crippen LogP contribution is 2.33. The summed E-state index contributed by atoms with van der Waals surface area (Å²) >= 11 is 0. The van der Waals surface area contributed by atoms with Crippen LogP contribution in [-0.4, -0.2) is 29.3 Å². The van der Waals surface area contributed by atoms with E-state index in [1.54, 1.807) is 17.0 Å². The Morgan fingerprint density at radius 3 is 2.68 bits per heavy atom. The van der Waals surface area contributed by atoms with Crippen molar-refractivity contribution < 1.29 is 14.6 Å². The second-order valence-electron chi connectivity index (χ2n) is 6.50. The lowest BCUT2D eigenvalue weighted by molar-refractivity contribution is 0.0427. The Morgan fingerprint density at radius 1 is 1.16 bits per heavy atom. The molecule has 1 aliphatic rings. The zero-order valence-corrected chi connectivity index (χ0v) is 14.2. The molecular formula is C20H24N2O3. The smallest absolute Gasteiger partial charge is 0.410 e. The van der Waals surface area contributed by atoms with Gasteiger partial charge in [-0.05, 0) is 42.0 Å². The summed E-state index contributed by atoms with van der Waals surface area (Å²) in [6, 6.07) is 17.3. The van der Waals surface area contributed by atoms with Crippen LogP contribution >= 0.6 is 0 Å². The highest BCUT2D eigenvalue weighted by Gasteiger charge is 2.33. The molecule has 1 aliphatic heterocycles. The quantitative estimate of drug-likeness (QED) is 0.837. The van der Waals surface area contributed by atoms with Crippen LogP contribution in [0.2, 0.25) is 0 Å². The van der Waals surface area contributed by atoms with Gasteiger partial charge in [-0.3, -0.25) is 0 Å². The number of hydrogen-bond donors (Lipinski definition) is 2. The molecule has 0 radical (unpaired) electrons. The Balaban J connectivity index is 1.71. The van der Waals surface area contributed by atoms with Crippen LogP contribution in [0.1, 0.15) is 30.0 Å². The summed E-state index contributed by atoms with van der Waals surface area (Å²) in [4.78, 5) is 14.4. The molecule has 2 aromatic rings. The Labute approximate surface area is 148 Å². The summed E-state index contributed by atoms with van der Waals surface area (Å²) < 4.78 is 5.52. The van der Waals surface area contributed by atoms with Crippen LogP contribution in [0.3, 0.4) is 0 Å². The normalized spacial score (nSPS) is 20.3. The summed E-state index contributed by atoms with van der Waals surface area (Å²) in [7, 11) is 0. The minimum atomic E-state index is -0.352. The molecule has 132 valence electrons. The SMILES string of the molecule is Nc1cccc(COC(=O)N2CC(CO)CCC2c2ccccc2)c1. The van der Waals surface area contributed by atoms with E-state index in [1.165, 1.54) is 0 Å². The van der Waals surface area contributed by atoms with Crippen molar-refractivity contribution in [3.05, 3.63) is 65.7 Å². The van der Waals surface area contributed by atoms with E-state index in [2.05, 4.69) is 0 Å². The van der Waals surface area contributed by atoms with Gasteiger partial charge in [0.25, 0.3) is 0 Å². The van der Waals surface area contributed by atoms with Crippen molar-refractivity contribution in [1.29, 1.82) is 0 Å². The van der Waals surface area contributed by atoms with Gasteiger partial charge < -0.3 is 20.5 Å². The minimum absolute atomic E-state index is 0.0163. The number of hydrogen-bond acceptors (Lipinski definition) is 4. The van der Waals surface area contributed by atoms with Crippen LogP contribution in [0.4, 0.5) is 10.5 Å².